The average molecular weight is 337 g/mol. The summed E-state index contributed by atoms with van der Waals surface area (Å²) in [5, 5.41) is 10.8. The molecule has 0 rings (SSSR count). The topological polar surface area (TPSA) is 66.4 Å². The zero-order valence-electron chi connectivity index (χ0n) is 16.4. The summed E-state index contributed by atoms with van der Waals surface area (Å²) < 4.78 is 0. The molecular formula is C18H36NNaO3. The van der Waals surface area contributed by atoms with Gasteiger partial charge in [0.1, 0.15) is 6.54 Å². The van der Waals surface area contributed by atoms with Crippen LogP contribution in [0.1, 0.15) is 98.2 Å². The summed E-state index contributed by atoms with van der Waals surface area (Å²) in [5.41, 5.74) is 0. The Morgan fingerprint density at radius 2 is 1.17 bits per heavy atom. The van der Waals surface area contributed by atoms with Crippen molar-refractivity contribution in [3.8, 4) is 0 Å². The van der Waals surface area contributed by atoms with Crippen LogP contribution in [0.5, 0.6) is 0 Å². The van der Waals surface area contributed by atoms with Crippen LogP contribution in [0.25, 0.3) is 0 Å². The van der Waals surface area contributed by atoms with Crippen LogP contribution in [0.4, 0.5) is 0 Å². The van der Waals surface area contributed by atoms with E-state index in [9.17, 15) is 9.59 Å². The van der Waals surface area contributed by atoms with Crippen LogP contribution in [-0.4, -0.2) is 23.5 Å². The summed E-state index contributed by atoms with van der Waals surface area (Å²) >= 11 is 0. The summed E-state index contributed by atoms with van der Waals surface area (Å²) in [6.45, 7) is 1.99. The molecule has 0 radical (unpaired) electrons. The predicted molar refractivity (Wildman–Crippen MR) is 92.1 cm³/mol. The monoisotopic (exact) mass is 337 g/mol. The van der Waals surface area contributed by atoms with E-state index in [1.807, 2.05) is 0 Å². The zero-order valence-corrected chi connectivity index (χ0v) is 17.4. The van der Waals surface area contributed by atoms with Gasteiger partial charge in [0.25, 0.3) is 0 Å². The number of nitrogens with one attached hydrogen (secondary N) is 1. The van der Waals surface area contributed by atoms with E-state index in [1.165, 1.54) is 70.6 Å². The smallest absolute Gasteiger partial charge is 1.00 e. The van der Waals surface area contributed by atoms with Crippen LogP contribution >= 0.6 is 0 Å². The second-order valence-corrected chi connectivity index (χ2v) is 6.16. The van der Waals surface area contributed by atoms with Gasteiger partial charge in [-0.15, -0.1) is 0 Å². The van der Waals surface area contributed by atoms with Crippen molar-refractivity contribution < 1.29 is 45.7 Å². The van der Waals surface area contributed by atoms with Crippen molar-refractivity contribution in [1.82, 2.24) is 5.32 Å². The minimum Gasteiger partial charge on any atom is -1.00 e. The molecule has 0 unspecified atom stereocenters. The van der Waals surface area contributed by atoms with Gasteiger partial charge in [-0.1, -0.05) is 84.0 Å². The fourth-order valence-electron chi connectivity index (χ4n) is 2.57. The molecule has 0 heterocycles. The quantitative estimate of drug-likeness (QED) is 0.333. The number of hydrogen-bond donors (Lipinski definition) is 2. The Kier molecular flexibility index (Phi) is 21.9. The molecule has 0 aliphatic heterocycles. The van der Waals surface area contributed by atoms with Gasteiger partial charge in [-0.05, 0) is 6.42 Å². The third kappa shape index (κ3) is 21.9. The molecule has 0 spiro atoms. The molecule has 1 amide bonds. The fourth-order valence-corrected chi connectivity index (χ4v) is 2.57. The maximum absolute atomic E-state index is 11.3. The Hall–Kier alpha value is -0.0600. The predicted octanol–water partition coefficient (Wildman–Crippen LogP) is 1.79. The number of amides is 1. The fraction of sp³-hybridized carbons (Fsp3) is 0.889. The van der Waals surface area contributed by atoms with Gasteiger partial charge in [0.2, 0.25) is 5.91 Å². The zero-order chi connectivity index (χ0) is 16.5. The molecule has 0 saturated heterocycles. The van der Waals surface area contributed by atoms with E-state index in [-0.39, 0.29) is 43.4 Å². The van der Waals surface area contributed by atoms with Crippen LogP contribution < -0.4 is 34.9 Å². The molecule has 4 nitrogen and oxygen atoms in total. The first-order valence-electron chi connectivity index (χ1n) is 9.15. The van der Waals surface area contributed by atoms with Gasteiger partial charge in [0.05, 0.1) is 0 Å². The largest absolute Gasteiger partial charge is 1.00 e. The van der Waals surface area contributed by atoms with E-state index in [4.69, 9.17) is 5.11 Å². The van der Waals surface area contributed by atoms with E-state index in [0.29, 0.717) is 6.42 Å². The second kappa shape index (κ2) is 20.0. The van der Waals surface area contributed by atoms with E-state index in [1.54, 1.807) is 0 Å². The van der Waals surface area contributed by atoms with Crippen LogP contribution in [0.15, 0.2) is 0 Å². The van der Waals surface area contributed by atoms with Gasteiger partial charge in [-0.25, -0.2) is 0 Å². The molecule has 0 aromatic rings. The molecular weight excluding hydrogens is 301 g/mol. The Labute approximate surface area is 166 Å². The molecule has 0 atom stereocenters. The van der Waals surface area contributed by atoms with Crippen molar-refractivity contribution in [3.63, 3.8) is 0 Å². The van der Waals surface area contributed by atoms with Crippen LogP contribution in [0, 0.1) is 0 Å². The summed E-state index contributed by atoms with van der Waals surface area (Å²) in [7, 11) is 0. The average Bonchev–Trinajstić information content (AvgIpc) is 2.49. The van der Waals surface area contributed by atoms with Crippen molar-refractivity contribution in [2.24, 2.45) is 0 Å². The molecule has 0 aliphatic carbocycles. The third-order valence-electron chi connectivity index (χ3n) is 3.94. The minimum atomic E-state index is -0.987. The Morgan fingerprint density at radius 3 is 1.57 bits per heavy atom. The van der Waals surface area contributed by atoms with Crippen molar-refractivity contribution in [1.29, 1.82) is 0 Å². The van der Waals surface area contributed by atoms with Gasteiger partial charge >= 0.3 is 35.5 Å². The molecule has 132 valence electrons. The Bertz CT molecular complexity index is 291. The van der Waals surface area contributed by atoms with Gasteiger partial charge in [0.15, 0.2) is 0 Å². The third-order valence-corrected chi connectivity index (χ3v) is 3.94. The second-order valence-electron chi connectivity index (χ2n) is 6.16. The molecule has 0 bridgehead atoms. The first-order valence-corrected chi connectivity index (χ1v) is 9.15. The molecule has 0 fully saturated rings. The van der Waals surface area contributed by atoms with E-state index in [2.05, 4.69) is 12.2 Å². The van der Waals surface area contributed by atoms with Crippen molar-refractivity contribution in [3.05, 3.63) is 0 Å². The number of carboxylic acid groups (broad SMARTS) is 1. The number of rotatable bonds is 16. The maximum atomic E-state index is 11.3. The SMILES string of the molecule is CCCCCCCCCCCCCCCC(=O)NCC(=O)O.[H-].[Na+]. The van der Waals surface area contributed by atoms with Gasteiger partial charge < -0.3 is 11.8 Å². The van der Waals surface area contributed by atoms with Crippen LogP contribution in [-0.2, 0) is 9.59 Å². The van der Waals surface area contributed by atoms with E-state index in [0.717, 1.165) is 12.8 Å². The number of hydrogen-bond acceptors (Lipinski definition) is 2. The summed E-state index contributed by atoms with van der Waals surface area (Å²) in [6, 6.07) is 0. The van der Waals surface area contributed by atoms with Gasteiger partial charge in [-0.2, -0.15) is 0 Å². The molecule has 23 heavy (non-hydrogen) atoms. The minimum absolute atomic E-state index is 0. The normalized spacial score (nSPS) is 10.1. The molecule has 0 aromatic carbocycles. The van der Waals surface area contributed by atoms with Gasteiger partial charge in [0, 0.05) is 6.42 Å². The van der Waals surface area contributed by atoms with Crippen molar-refractivity contribution >= 4 is 11.9 Å². The van der Waals surface area contributed by atoms with Crippen LogP contribution in [0.2, 0.25) is 0 Å². The Morgan fingerprint density at radius 1 is 0.783 bits per heavy atom. The van der Waals surface area contributed by atoms with Gasteiger partial charge in [-0.3, -0.25) is 9.59 Å². The first kappa shape index (κ1) is 25.2. The first-order chi connectivity index (χ1) is 10.7. The van der Waals surface area contributed by atoms with E-state index < -0.39 is 5.97 Å². The standard InChI is InChI=1S/C18H35NO3.Na.H/c1-2-3-4-5-6-7-8-9-10-11-12-13-14-15-17(20)19-16-18(21)22;;/h2-16H2,1H3,(H,19,20)(H,21,22);;/q;+1;-1. The van der Waals surface area contributed by atoms with Crippen molar-refractivity contribution in [2.45, 2.75) is 96.8 Å². The van der Waals surface area contributed by atoms with Crippen molar-refractivity contribution in [2.75, 3.05) is 6.54 Å². The number of carboxylic acids is 1. The van der Waals surface area contributed by atoms with E-state index >= 15 is 0 Å². The molecule has 0 aromatic heterocycles. The molecule has 5 heteroatoms. The number of carbonyl (C=O) groups is 2. The molecule has 2 N–H and O–H groups in total. The summed E-state index contributed by atoms with van der Waals surface area (Å²) in [5.74, 6) is -1.14. The number of aliphatic carboxylic acids is 1. The molecule has 0 saturated carbocycles. The Balaban J connectivity index is -0.00000220. The number of carbonyl (C=O) groups excluding carboxylic acids is 1. The molecule has 0 aliphatic rings. The summed E-state index contributed by atoms with van der Waals surface area (Å²) in [6.07, 6.45) is 17.1. The number of unbranched alkanes of at least 4 members (excludes halogenated alkanes) is 12. The van der Waals surface area contributed by atoms with Crippen LogP contribution in [0.3, 0.4) is 0 Å². The maximum Gasteiger partial charge on any atom is 1.00 e. The summed E-state index contributed by atoms with van der Waals surface area (Å²) in [4.78, 5) is 21.6.